The van der Waals surface area contributed by atoms with Gasteiger partial charge in [-0.1, -0.05) is 86.8 Å². The molecular weight excluding hydrogens is 548 g/mol. The van der Waals surface area contributed by atoms with Crippen molar-refractivity contribution in [2.24, 2.45) is 11.8 Å². The second-order valence-corrected chi connectivity index (χ2v) is 13.4. The van der Waals surface area contributed by atoms with Crippen molar-refractivity contribution in [1.82, 2.24) is 25.0 Å². The van der Waals surface area contributed by atoms with Gasteiger partial charge in [0.15, 0.2) is 0 Å². The number of nitrogens with one attached hydrogen (secondary N) is 1. The number of piperidine rings is 1. The summed E-state index contributed by atoms with van der Waals surface area (Å²) in [5.74, 6) is 2.19. The van der Waals surface area contributed by atoms with Gasteiger partial charge in [0.25, 0.3) is 0 Å². The fourth-order valence-corrected chi connectivity index (χ4v) is 8.21. The molecule has 0 amide bonds. The van der Waals surface area contributed by atoms with Gasteiger partial charge in [-0.25, -0.2) is 0 Å². The van der Waals surface area contributed by atoms with Crippen LogP contribution in [-0.2, 0) is 11.2 Å². The second-order valence-electron chi connectivity index (χ2n) is 13.4. The topological polar surface area (TPSA) is 88.6 Å². The van der Waals surface area contributed by atoms with Crippen molar-refractivity contribution in [3.63, 3.8) is 0 Å². The zero-order valence-electron chi connectivity index (χ0n) is 26.4. The Balaban J connectivity index is 1.10. The molecule has 2 aliphatic heterocycles. The average Bonchev–Trinajstić information content (AvgIpc) is 3.69. The van der Waals surface area contributed by atoms with E-state index in [1.165, 1.54) is 30.4 Å². The van der Waals surface area contributed by atoms with Gasteiger partial charge in [0, 0.05) is 57.6 Å². The highest BCUT2D eigenvalue weighted by Gasteiger charge is 2.43. The number of aromatic nitrogens is 3. The molecule has 8 nitrogen and oxygen atoms in total. The standard InChI is InChI=1S/C36H50N6O2/c1-2-20-42(36-37-33(38-39-36)23-27-12-6-3-7-13-27)31-18-21-40(22-19-31)24-30-25-41(26-32(30)28-14-8-4-9-15-28)34(35(43)44)29-16-10-5-11-17-29/h3-4,6-9,12-15,29-32,34H,2,5,10-11,16-26H2,1H3,(H,43,44)(H,37,38,39). The van der Waals surface area contributed by atoms with Crippen molar-refractivity contribution < 1.29 is 9.90 Å². The molecular formula is C36H50N6O2. The summed E-state index contributed by atoms with van der Waals surface area (Å²) < 4.78 is 0. The quantitative estimate of drug-likeness (QED) is 0.271. The van der Waals surface area contributed by atoms with Crippen molar-refractivity contribution in [2.45, 2.75) is 82.7 Å². The smallest absolute Gasteiger partial charge is 0.321 e. The Morgan fingerprint density at radius 3 is 2.36 bits per heavy atom. The molecule has 1 saturated carbocycles. The minimum Gasteiger partial charge on any atom is -0.480 e. The van der Waals surface area contributed by atoms with Gasteiger partial charge in [-0.2, -0.15) is 4.98 Å². The first-order chi connectivity index (χ1) is 21.6. The molecule has 3 fully saturated rings. The fourth-order valence-electron chi connectivity index (χ4n) is 8.21. The Kier molecular flexibility index (Phi) is 10.3. The van der Waals surface area contributed by atoms with Crippen LogP contribution in [0, 0.1) is 11.8 Å². The number of carbonyl (C=O) groups is 1. The van der Waals surface area contributed by atoms with Gasteiger partial charge in [-0.15, -0.1) is 5.10 Å². The predicted molar refractivity (Wildman–Crippen MR) is 175 cm³/mol. The zero-order valence-corrected chi connectivity index (χ0v) is 26.4. The van der Waals surface area contributed by atoms with E-state index < -0.39 is 5.97 Å². The molecule has 3 atom stereocenters. The van der Waals surface area contributed by atoms with Crippen LogP contribution >= 0.6 is 0 Å². The van der Waals surface area contributed by atoms with Crippen LogP contribution in [0.2, 0.25) is 0 Å². The number of carboxylic acids is 1. The first-order valence-electron chi connectivity index (χ1n) is 17.0. The Morgan fingerprint density at radius 2 is 1.68 bits per heavy atom. The van der Waals surface area contributed by atoms with Gasteiger partial charge in [-0.3, -0.25) is 14.8 Å². The van der Waals surface area contributed by atoms with E-state index in [-0.39, 0.29) is 12.0 Å². The fraction of sp³-hybridized carbons (Fsp3) is 0.583. The second kappa shape index (κ2) is 14.7. The van der Waals surface area contributed by atoms with Crippen LogP contribution < -0.4 is 4.90 Å². The molecule has 8 heteroatoms. The highest BCUT2D eigenvalue weighted by atomic mass is 16.4. The van der Waals surface area contributed by atoms with Crippen molar-refractivity contribution >= 4 is 11.9 Å². The third-order valence-electron chi connectivity index (χ3n) is 10.4. The highest BCUT2D eigenvalue weighted by molar-refractivity contribution is 5.74. The van der Waals surface area contributed by atoms with Gasteiger partial charge in [0.2, 0.25) is 5.95 Å². The van der Waals surface area contributed by atoms with Crippen LogP contribution in [0.1, 0.15) is 81.2 Å². The minimum atomic E-state index is -0.625. The van der Waals surface area contributed by atoms with Crippen molar-refractivity contribution in [2.75, 3.05) is 44.2 Å². The average molecular weight is 599 g/mol. The van der Waals surface area contributed by atoms with E-state index >= 15 is 0 Å². The molecule has 1 aromatic heterocycles. The SMILES string of the molecule is CCCN(c1n[nH]c(Cc2ccccc2)n1)C1CCN(CC2CN(C(C(=O)O)C3CCCCC3)CC2c2ccccc2)CC1. The molecule has 6 rings (SSSR count). The summed E-state index contributed by atoms with van der Waals surface area (Å²) in [5, 5.41) is 18.2. The largest absolute Gasteiger partial charge is 0.480 e. The first-order valence-corrected chi connectivity index (χ1v) is 17.0. The Morgan fingerprint density at radius 1 is 0.977 bits per heavy atom. The van der Waals surface area contributed by atoms with E-state index in [0.717, 1.165) is 89.6 Å². The van der Waals surface area contributed by atoms with E-state index in [1.807, 2.05) is 6.07 Å². The number of H-pyrrole nitrogens is 1. The maximum Gasteiger partial charge on any atom is 0.321 e. The molecule has 3 aromatic rings. The van der Waals surface area contributed by atoms with Crippen molar-refractivity contribution in [3.05, 3.63) is 77.6 Å². The molecule has 2 saturated heterocycles. The van der Waals surface area contributed by atoms with E-state index in [4.69, 9.17) is 4.98 Å². The Bertz CT molecular complexity index is 1300. The summed E-state index contributed by atoms with van der Waals surface area (Å²) in [4.78, 5) is 24.9. The molecule has 3 unspecified atom stereocenters. The monoisotopic (exact) mass is 598 g/mol. The van der Waals surface area contributed by atoms with Gasteiger partial charge in [0.1, 0.15) is 11.9 Å². The summed E-state index contributed by atoms with van der Waals surface area (Å²) in [6.07, 6.45) is 9.68. The number of rotatable bonds is 12. The summed E-state index contributed by atoms with van der Waals surface area (Å²) in [6, 6.07) is 21.3. The summed E-state index contributed by atoms with van der Waals surface area (Å²) in [7, 11) is 0. The molecule has 1 aliphatic carbocycles. The zero-order chi connectivity index (χ0) is 30.3. The number of hydrogen-bond donors (Lipinski definition) is 2. The molecule has 44 heavy (non-hydrogen) atoms. The predicted octanol–water partition coefficient (Wildman–Crippen LogP) is 5.83. The van der Waals surface area contributed by atoms with Crippen LogP contribution in [0.5, 0.6) is 0 Å². The Hall–Kier alpha value is -3.23. The lowest BCUT2D eigenvalue weighted by molar-refractivity contribution is -0.145. The number of hydrogen-bond acceptors (Lipinski definition) is 6. The molecule has 3 heterocycles. The summed E-state index contributed by atoms with van der Waals surface area (Å²) in [6.45, 7) is 8.03. The van der Waals surface area contributed by atoms with Crippen LogP contribution in [0.3, 0.4) is 0 Å². The third-order valence-corrected chi connectivity index (χ3v) is 10.4. The molecule has 2 N–H and O–H groups in total. The molecule has 0 radical (unpaired) electrons. The minimum absolute atomic E-state index is 0.278. The van der Waals surface area contributed by atoms with Crippen molar-refractivity contribution in [1.29, 1.82) is 0 Å². The number of likely N-dealkylation sites (tertiary alicyclic amines) is 2. The number of benzene rings is 2. The number of nitrogens with zero attached hydrogens (tertiary/aromatic N) is 5. The maximum absolute atomic E-state index is 12.6. The van der Waals surface area contributed by atoms with Crippen molar-refractivity contribution in [3.8, 4) is 0 Å². The van der Waals surface area contributed by atoms with Crippen LogP contribution in [0.4, 0.5) is 5.95 Å². The normalized spacial score (nSPS) is 23.1. The maximum atomic E-state index is 12.6. The van der Waals surface area contributed by atoms with Gasteiger partial charge < -0.3 is 14.9 Å². The lowest BCUT2D eigenvalue weighted by Crippen LogP contribution is -2.48. The number of anilines is 1. The van der Waals surface area contributed by atoms with Crippen LogP contribution in [-0.4, -0.2) is 87.4 Å². The third kappa shape index (κ3) is 7.35. The van der Waals surface area contributed by atoms with E-state index in [0.29, 0.717) is 17.9 Å². The lowest BCUT2D eigenvalue weighted by atomic mass is 9.83. The number of aromatic amines is 1. The molecule has 3 aliphatic rings. The lowest BCUT2D eigenvalue weighted by Gasteiger charge is -2.39. The molecule has 236 valence electrons. The molecule has 0 spiro atoms. The highest BCUT2D eigenvalue weighted by Crippen LogP contribution is 2.38. The van der Waals surface area contributed by atoms with Crippen LogP contribution in [0.15, 0.2) is 60.7 Å². The van der Waals surface area contributed by atoms with Crippen LogP contribution in [0.25, 0.3) is 0 Å². The van der Waals surface area contributed by atoms with Gasteiger partial charge >= 0.3 is 5.97 Å². The van der Waals surface area contributed by atoms with Gasteiger partial charge in [0.05, 0.1) is 0 Å². The van der Waals surface area contributed by atoms with Gasteiger partial charge in [-0.05, 0) is 55.1 Å². The van der Waals surface area contributed by atoms with E-state index in [9.17, 15) is 9.90 Å². The van der Waals surface area contributed by atoms with E-state index in [1.54, 1.807) is 0 Å². The summed E-state index contributed by atoms with van der Waals surface area (Å²) >= 11 is 0. The molecule has 0 bridgehead atoms. The summed E-state index contributed by atoms with van der Waals surface area (Å²) in [5.41, 5.74) is 2.59. The number of aliphatic carboxylic acids is 1. The number of carboxylic acid groups (broad SMARTS) is 1. The molecule has 2 aromatic carbocycles. The van der Waals surface area contributed by atoms with E-state index in [2.05, 4.69) is 86.4 Å². The first kappa shape index (κ1) is 30.8. The Labute approximate surface area is 262 Å².